The lowest BCUT2D eigenvalue weighted by Crippen LogP contribution is -2.28. The molecular formula is C21H25N5O. The zero-order chi connectivity index (χ0) is 18.6. The maximum absolute atomic E-state index is 12.1. The van der Waals surface area contributed by atoms with Crippen LogP contribution < -0.4 is 10.6 Å². The normalized spacial score (nSPS) is 15.0. The van der Waals surface area contributed by atoms with E-state index < -0.39 is 0 Å². The minimum Gasteiger partial charge on any atom is -0.341 e. The molecule has 0 unspecified atom stereocenters. The van der Waals surface area contributed by atoms with Crippen molar-refractivity contribution >= 4 is 22.8 Å². The van der Waals surface area contributed by atoms with Gasteiger partial charge in [0.1, 0.15) is 5.52 Å². The maximum Gasteiger partial charge on any atom is 0.319 e. The molecule has 4 rings (SSSR count). The molecule has 140 valence electrons. The summed E-state index contributed by atoms with van der Waals surface area (Å²) in [7, 11) is 0. The highest BCUT2D eigenvalue weighted by atomic mass is 16.2. The zero-order valence-corrected chi connectivity index (χ0v) is 15.6. The van der Waals surface area contributed by atoms with E-state index in [4.69, 9.17) is 4.98 Å². The van der Waals surface area contributed by atoms with Gasteiger partial charge in [-0.05, 0) is 31.9 Å². The summed E-state index contributed by atoms with van der Waals surface area (Å²) in [6, 6.07) is 6.39. The Labute approximate surface area is 159 Å². The second kappa shape index (κ2) is 7.78. The average Bonchev–Trinajstić information content (AvgIpc) is 3.07. The number of urea groups is 1. The molecule has 0 aliphatic heterocycles. The fraction of sp³-hybridized carbons (Fsp3) is 0.381. The van der Waals surface area contributed by atoms with Crippen LogP contribution in [0.4, 0.5) is 10.5 Å². The Morgan fingerprint density at radius 3 is 2.81 bits per heavy atom. The van der Waals surface area contributed by atoms with E-state index in [1.165, 1.54) is 32.1 Å². The van der Waals surface area contributed by atoms with Crippen LogP contribution >= 0.6 is 0 Å². The van der Waals surface area contributed by atoms with Crippen LogP contribution in [0.15, 0.2) is 43.0 Å². The molecule has 6 nitrogen and oxygen atoms in total. The second-order valence-corrected chi connectivity index (χ2v) is 7.06. The van der Waals surface area contributed by atoms with Crippen LogP contribution in [0.5, 0.6) is 0 Å². The van der Waals surface area contributed by atoms with Crippen molar-refractivity contribution in [3.63, 3.8) is 0 Å². The zero-order valence-electron chi connectivity index (χ0n) is 15.6. The third kappa shape index (κ3) is 3.65. The van der Waals surface area contributed by atoms with Crippen molar-refractivity contribution < 1.29 is 4.79 Å². The first-order valence-electron chi connectivity index (χ1n) is 9.72. The molecule has 0 spiro atoms. The fourth-order valence-electron chi connectivity index (χ4n) is 3.90. The summed E-state index contributed by atoms with van der Waals surface area (Å²) in [5.41, 5.74) is 4.74. The summed E-state index contributed by atoms with van der Waals surface area (Å²) in [6.07, 6.45) is 13.7. The van der Waals surface area contributed by atoms with Crippen molar-refractivity contribution in [2.24, 2.45) is 0 Å². The minimum absolute atomic E-state index is 0.196. The number of carbonyl (C=O) groups excluding carboxylic acids is 1. The highest BCUT2D eigenvalue weighted by Crippen LogP contribution is 2.35. The molecule has 2 amide bonds. The van der Waals surface area contributed by atoms with Gasteiger partial charge >= 0.3 is 6.03 Å². The Morgan fingerprint density at radius 2 is 2.07 bits per heavy atom. The monoisotopic (exact) mass is 363 g/mol. The van der Waals surface area contributed by atoms with E-state index in [-0.39, 0.29) is 6.03 Å². The number of amides is 2. The van der Waals surface area contributed by atoms with Crippen LogP contribution in [-0.2, 0) is 0 Å². The van der Waals surface area contributed by atoms with E-state index in [0.717, 1.165) is 27.8 Å². The van der Waals surface area contributed by atoms with Gasteiger partial charge in [0.25, 0.3) is 0 Å². The Balaban J connectivity index is 1.78. The molecule has 2 N–H and O–H groups in total. The van der Waals surface area contributed by atoms with Crippen LogP contribution in [0.25, 0.3) is 22.2 Å². The first kappa shape index (κ1) is 17.5. The van der Waals surface area contributed by atoms with Gasteiger partial charge in [0.2, 0.25) is 0 Å². The first-order valence-corrected chi connectivity index (χ1v) is 9.72. The predicted octanol–water partition coefficient (Wildman–Crippen LogP) is 4.74. The average molecular weight is 363 g/mol. The molecule has 0 bridgehead atoms. The van der Waals surface area contributed by atoms with Crippen LogP contribution in [0, 0.1) is 0 Å². The largest absolute Gasteiger partial charge is 0.341 e. The SMILES string of the molecule is CCNC(=O)Nc1cn(C2CCCCC2)c2cc(-c3cccnc3)cnc12. The van der Waals surface area contributed by atoms with Gasteiger partial charge in [0.15, 0.2) is 0 Å². The predicted molar refractivity (Wildman–Crippen MR) is 108 cm³/mol. The third-order valence-electron chi connectivity index (χ3n) is 5.22. The van der Waals surface area contributed by atoms with E-state index >= 15 is 0 Å². The standard InChI is InChI=1S/C21H25N5O/c1-2-23-21(27)25-18-14-26(17-8-4-3-5-9-17)19-11-16(13-24-20(18)19)15-7-6-10-22-12-15/h6-7,10-14,17H,2-5,8-9H2,1H3,(H2,23,25,27). The molecule has 0 radical (unpaired) electrons. The lowest BCUT2D eigenvalue weighted by atomic mass is 9.95. The molecule has 3 aromatic rings. The molecule has 3 aromatic heterocycles. The number of rotatable bonds is 4. The van der Waals surface area contributed by atoms with Gasteiger partial charge < -0.3 is 15.2 Å². The number of aromatic nitrogens is 3. The number of carbonyl (C=O) groups is 1. The summed E-state index contributed by atoms with van der Waals surface area (Å²) in [5.74, 6) is 0. The quantitative estimate of drug-likeness (QED) is 0.703. The molecular weight excluding hydrogens is 338 g/mol. The van der Waals surface area contributed by atoms with Gasteiger partial charge in [0.05, 0.1) is 11.2 Å². The van der Waals surface area contributed by atoms with Gasteiger partial charge in [-0.2, -0.15) is 0 Å². The van der Waals surface area contributed by atoms with Crippen molar-refractivity contribution in [1.82, 2.24) is 19.9 Å². The van der Waals surface area contributed by atoms with Crippen molar-refractivity contribution in [3.8, 4) is 11.1 Å². The van der Waals surface area contributed by atoms with Crippen molar-refractivity contribution in [2.75, 3.05) is 11.9 Å². The summed E-state index contributed by atoms with van der Waals surface area (Å²) in [4.78, 5) is 21.0. The van der Waals surface area contributed by atoms with Crippen LogP contribution in [0.3, 0.4) is 0 Å². The first-order chi connectivity index (χ1) is 13.3. The molecule has 1 fully saturated rings. The van der Waals surface area contributed by atoms with Crippen molar-refractivity contribution in [1.29, 1.82) is 0 Å². The van der Waals surface area contributed by atoms with Crippen LogP contribution in [0.2, 0.25) is 0 Å². The highest BCUT2D eigenvalue weighted by Gasteiger charge is 2.21. The molecule has 0 aromatic carbocycles. The Kier molecular flexibility index (Phi) is 5.05. The minimum atomic E-state index is -0.196. The lowest BCUT2D eigenvalue weighted by molar-refractivity contribution is 0.252. The second-order valence-electron chi connectivity index (χ2n) is 7.06. The lowest BCUT2D eigenvalue weighted by Gasteiger charge is -2.24. The molecule has 1 aliphatic carbocycles. The number of nitrogens with zero attached hydrogens (tertiary/aromatic N) is 3. The number of hydrogen-bond acceptors (Lipinski definition) is 3. The number of hydrogen-bond donors (Lipinski definition) is 2. The van der Waals surface area contributed by atoms with E-state index in [2.05, 4.69) is 32.4 Å². The summed E-state index contributed by atoms with van der Waals surface area (Å²) in [6.45, 7) is 2.50. The fourth-order valence-corrected chi connectivity index (χ4v) is 3.90. The van der Waals surface area contributed by atoms with Gasteiger partial charge in [-0.3, -0.25) is 9.97 Å². The molecule has 27 heavy (non-hydrogen) atoms. The molecule has 3 heterocycles. The van der Waals surface area contributed by atoms with Crippen LogP contribution in [0.1, 0.15) is 45.1 Å². The Hall–Kier alpha value is -2.89. The molecule has 1 aliphatic rings. The Morgan fingerprint density at radius 1 is 1.22 bits per heavy atom. The van der Waals surface area contributed by atoms with E-state index in [1.54, 1.807) is 6.20 Å². The summed E-state index contributed by atoms with van der Waals surface area (Å²) < 4.78 is 2.31. The van der Waals surface area contributed by atoms with E-state index in [1.807, 2.05) is 31.5 Å². The number of pyridine rings is 2. The van der Waals surface area contributed by atoms with Crippen molar-refractivity contribution in [2.45, 2.75) is 45.1 Å². The molecule has 6 heteroatoms. The van der Waals surface area contributed by atoms with E-state index in [9.17, 15) is 4.79 Å². The van der Waals surface area contributed by atoms with Crippen molar-refractivity contribution in [3.05, 3.63) is 43.0 Å². The molecule has 1 saturated carbocycles. The number of anilines is 1. The van der Waals surface area contributed by atoms with Gasteiger partial charge in [0, 0.05) is 48.5 Å². The number of fused-ring (bicyclic) bond motifs is 1. The van der Waals surface area contributed by atoms with Gasteiger partial charge in [-0.1, -0.05) is 25.3 Å². The topological polar surface area (TPSA) is 71.8 Å². The van der Waals surface area contributed by atoms with Gasteiger partial charge in [-0.15, -0.1) is 0 Å². The van der Waals surface area contributed by atoms with Gasteiger partial charge in [-0.25, -0.2) is 4.79 Å². The highest BCUT2D eigenvalue weighted by molar-refractivity contribution is 6.00. The third-order valence-corrected chi connectivity index (χ3v) is 5.22. The summed E-state index contributed by atoms with van der Waals surface area (Å²) in [5, 5.41) is 5.75. The number of nitrogens with one attached hydrogen (secondary N) is 2. The van der Waals surface area contributed by atoms with E-state index in [0.29, 0.717) is 12.6 Å². The molecule has 0 saturated heterocycles. The Bertz CT molecular complexity index is 928. The molecule has 0 atom stereocenters. The van der Waals surface area contributed by atoms with Crippen LogP contribution in [-0.4, -0.2) is 27.1 Å². The summed E-state index contributed by atoms with van der Waals surface area (Å²) >= 11 is 0. The smallest absolute Gasteiger partial charge is 0.319 e. The maximum atomic E-state index is 12.1.